The van der Waals surface area contributed by atoms with Gasteiger partial charge in [0.25, 0.3) is 0 Å². The molecule has 98 valence electrons. The highest BCUT2D eigenvalue weighted by atomic mass is 19.3. The molecule has 0 radical (unpaired) electrons. The maximum atomic E-state index is 12.2. The van der Waals surface area contributed by atoms with Gasteiger partial charge in [-0.3, -0.25) is 0 Å². The highest BCUT2D eigenvalue weighted by Crippen LogP contribution is 2.34. The van der Waals surface area contributed by atoms with Gasteiger partial charge in [-0.15, -0.1) is 0 Å². The Morgan fingerprint density at radius 1 is 1.28 bits per heavy atom. The van der Waals surface area contributed by atoms with Crippen molar-refractivity contribution in [2.45, 2.75) is 31.0 Å². The van der Waals surface area contributed by atoms with E-state index >= 15 is 0 Å². The number of piperazine rings is 1. The van der Waals surface area contributed by atoms with Gasteiger partial charge in [0.15, 0.2) is 0 Å². The van der Waals surface area contributed by atoms with Crippen LogP contribution in [0.4, 0.5) is 8.78 Å². The first-order chi connectivity index (χ1) is 8.72. The van der Waals surface area contributed by atoms with Crippen LogP contribution >= 0.6 is 0 Å². The molecule has 0 amide bonds. The van der Waals surface area contributed by atoms with Crippen LogP contribution in [0.3, 0.4) is 0 Å². The average molecular weight is 254 g/mol. The Balaban J connectivity index is 1.79. The summed E-state index contributed by atoms with van der Waals surface area (Å²) in [7, 11) is 0. The molecule has 3 rings (SSSR count). The first-order valence-corrected chi connectivity index (χ1v) is 6.24. The number of hydrogen-bond donors (Lipinski definition) is 2. The van der Waals surface area contributed by atoms with Crippen LogP contribution in [0.25, 0.3) is 0 Å². The Kier molecular flexibility index (Phi) is 3.18. The van der Waals surface area contributed by atoms with E-state index in [0.717, 1.165) is 25.1 Å². The number of halogens is 2. The fourth-order valence-electron chi connectivity index (χ4n) is 3.00. The van der Waals surface area contributed by atoms with Gasteiger partial charge in [-0.25, -0.2) is 0 Å². The Bertz CT molecular complexity index is 427. The second-order valence-electron chi connectivity index (χ2n) is 4.92. The van der Waals surface area contributed by atoms with E-state index in [1.165, 1.54) is 0 Å². The lowest BCUT2D eigenvalue weighted by Gasteiger charge is -2.24. The van der Waals surface area contributed by atoms with E-state index in [1.807, 2.05) is 6.07 Å². The zero-order chi connectivity index (χ0) is 12.5. The summed E-state index contributed by atoms with van der Waals surface area (Å²) in [5.41, 5.74) is 1.08. The lowest BCUT2D eigenvalue weighted by Crippen LogP contribution is -2.49. The minimum Gasteiger partial charge on any atom is -0.435 e. The van der Waals surface area contributed by atoms with Crippen molar-refractivity contribution in [1.29, 1.82) is 0 Å². The molecule has 2 aliphatic heterocycles. The molecule has 2 N–H and O–H groups in total. The third-order valence-corrected chi connectivity index (χ3v) is 3.74. The smallest absolute Gasteiger partial charge is 0.387 e. The molecule has 2 fully saturated rings. The van der Waals surface area contributed by atoms with Crippen molar-refractivity contribution >= 4 is 0 Å². The standard InChI is InChI=1S/C13H16F2N2O/c14-13(15)18-10-3-1-2-8(4-10)11-5-9-6-16-7-12(11)17-9/h1-4,9,11-13,16-17H,5-7H2/t9-,11?,12-/m0/s1. The Morgan fingerprint density at radius 3 is 2.94 bits per heavy atom. The van der Waals surface area contributed by atoms with Crippen LogP contribution in [0, 0.1) is 0 Å². The topological polar surface area (TPSA) is 33.3 Å². The molecule has 0 aromatic heterocycles. The van der Waals surface area contributed by atoms with Crippen molar-refractivity contribution in [2.24, 2.45) is 0 Å². The van der Waals surface area contributed by atoms with Gasteiger partial charge in [0, 0.05) is 31.1 Å². The summed E-state index contributed by atoms with van der Waals surface area (Å²) in [5, 5.41) is 6.93. The molecule has 3 atom stereocenters. The number of benzene rings is 1. The van der Waals surface area contributed by atoms with E-state index in [1.54, 1.807) is 18.2 Å². The summed E-state index contributed by atoms with van der Waals surface area (Å²) in [6.07, 6.45) is 1.05. The fourth-order valence-corrected chi connectivity index (χ4v) is 3.00. The van der Waals surface area contributed by atoms with E-state index < -0.39 is 6.61 Å². The molecule has 1 aromatic carbocycles. The van der Waals surface area contributed by atoms with Gasteiger partial charge >= 0.3 is 6.61 Å². The molecule has 1 aromatic rings. The summed E-state index contributed by atoms with van der Waals surface area (Å²) in [5.74, 6) is 0.628. The second-order valence-corrected chi connectivity index (χ2v) is 4.92. The average Bonchev–Trinajstić information content (AvgIpc) is 2.64. The van der Waals surface area contributed by atoms with Crippen molar-refractivity contribution in [2.75, 3.05) is 13.1 Å². The number of alkyl halides is 2. The molecule has 1 unspecified atom stereocenters. The monoisotopic (exact) mass is 254 g/mol. The largest absolute Gasteiger partial charge is 0.435 e. The molecular weight excluding hydrogens is 238 g/mol. The highest BCUT2D eigenvalue weighted by Gasteiger charge is 2.37. The molecule has 0 spiro atoms. The van der Waals surface area contributed by atoms with Gasteiger partial charge in [0.2, 0.25) is 0 Å². The molecule has 0 saturated carbocycles. The van der Waals surface area contributed by atoms with E-state index in [2.05, 4.69) is 15.4 Å². The van der Waals surface area contributed by atoms with Crippen LogP contribution in [0.5, 0.6) is 5.75 Å². The predicted molar refractivity (Wildman–Crippen MR) is 64.0 cm³/mol. The molecular formula is C13H16F2N2O. The van der Waals surface area contributed by atoms with Crippen molar-refractivity contribution in [1.82, 2.24) is 10.6 Å². The molecule has 0 aliphatic carbocycles. The molecule has 5 heteroatoms. The third-order valence-electron chi connectivity index (χ3n) is 3.74. The zero-order valence-electron chi connectivity index (χ0n) is 9.90. The van der Waals surface area contributed by atoms with Crippen LogP contribution in [-0.4, -0.2) is 31.8 Å². The van der Waals surface area contributed by atoms with E-state index in [9.17, 15) is 8.78 Å². The van der Waals surface area contributed by atoms with Crippen LogP contribution in [0.15, 0.2) is 24.3 Å². The number of nitrogens with one attached hydrogen (secondary N) is 2. The summed E-state index contributed by atoms with van der Waals surface area (Å²) in [6, 6.07) is 7.97. The first-order valence-electron chi connectivity index (χ1n) is 6.24. The van der Waals surface area contributed by atoms with Crippen LogP contribution in [-0.2, 0) is 0 Å². The number of rotatable bonds is 3. The van der Waals surface area contributed by atoms with Crippen molar-refractivity contribution in [3.8, 4) is 5.75 Å². The number of ether oxygens (including phenoxy) is 1. The Morgan fingerprint density at radius 2 is 2.17 bits per heavy atom. The van der Waals surface area contributed by atoms with Crippen LogP contribution in [0.1, 0.15) is 17.9 Å². The molecule has 2 saturated heterocycles. The van der Waals surface area contributed by atoms with Gasteiger partial charge in [0.05, 0.1) is 0 Å². The third kappa shape index (κ3) is 2.33. The molecule has 2 heterocycles. The maximum Gasteiger partial charge on any atom is 0.387 e. The Hall–Kier alpha value is -1.20. The maximum absolute atomic E-state index is 12.2. The van der Waals surface area contributed by atoms with Crippen molar-refractivity contribution in [3.63, 3.8) is 0 Å². The summed E-state index contributed by atoms with van der Waals surface area (Å²) >= 11 is 0. The van der Waals surface area contributed by atoms with Gasteiger partial charge < -0.3 is 15.4 Å². The number of fused-ring (bicyclic) bond motifs is 2. The van der Waals surface area contributed by atoms with E-state index in [4.69, 9.17) is 0 Å². The SMILES string of the molecule is FC(F)Oc1cccc(C2C[C@H]3CNC[C@@H]2N3)c1. The predicted octanol–water partition coefficient (Wildman–Crippen LogP) is 1.71. The van der Waals surface area contributed by atoms with Crippen LogP contribution < -0.4 is 15.4 Å². The lowest BCUT2D eigenvalue weighted by atomic mass is 9.91. The number of hydrogen-bond acceptors (Lipinski definition) is 3. The quantitative estimate of drug-likeness (QED) is 0.861. The minimum atomic E-state index is -2.76. The van der Waals surface area contributed by atoms with Crippen LogP contribution in [0.2, 0.25) is 0 Å². The normalized spacial score (nSPS) is 30.7. The Labute approximate surface area is 105 Å². The van der Waals surface area contributed by atoms with Gasteiger partial charge in [-0.2, -0.15) is 8.78 Å². The van der Waals surface area contributed by atoms with Gasteiger partial charge in [-0.05, 0) is 24.1 Å². The van der Waals surface area contributed by atoms with E-state index in [-0.39, 0.29) is 5.75 Å². The summed E-state index contributed by atoms with van der Waals surface area (Å²) < 4.78 is 28.9. The summed E-state index contributed by atoms with van der Waals surface area (Å²) in [6.45, 7) is -0.843. The minimum absolute atomic E-state index is 0.247. The van der Waals surface area contributed by atoms with Crippen molar-refractivity contribution < 1.29 is 13.5 Å². The van der Waals surface area contributed by atoms with Crippen molar-refractivity contribution in [3.05, 3.63) is 29.8 Å². The first kappa shape index (κ1) is 11.9. The highest BCUT2D eigenvalue weighted by molar-refractivity contribution is 5.33. The van der Waals surface area contributed by atoms with Gasteiger partial charge in [0.1, 0.15) is 5.75 Å². The fraction of sp³-hybridized carbons (Fsp3) is 0.538. The molecule has 2 aliphatic rings. The lowest BCUT2D eigenvalue weighted by molar-refractivity contribution is -0.0498. The van der Waals surface area contributed by atoms with Gasteiger partial charge in [-0.1, -0.05) is 12.1 Å². The summed E-state index contributed by atoms with van der Waals surface area (Å²) in [4.78, 5) is 0. The molecule has 3 nitrogen and oxygen atoms in total. The molecule has 18 heavy (non-hydrogen) atoms. The van der Waals surface area contributed by atoms with E-state index in [0.29, 0.717) is 18.0 Å². The second kappa shape index (κ2) is 4.82. The molecule has 2 bridgehead atoms. The zero-order valence-corrected chi connectivity index (χ0v) is 9.90.